The van der Waals surface area contributed by atoms with Gasteiger partial charge < -0.3 is 5.11 Å². The zero-order valence-corrected chi connectivity index (χ0v) is 9.48. The van der Waals surface area contributed by atoms with Crippen LogP contribution in [0.5, 0.6) is 0 Å². The zero-order valence-electron chi connectivity index (χ0n) is 8.66. The second-order valence-corrected chi connectivity index (χ2v) is 5.12. The summed E-state index contributed by atoms with van der Waals surface area (Å²) in [6, 6.07) is 6.34. The van der Waals surface area contributed by atoms with Gasteiger partial charge in [0, 0.05) is 10.3 Å². The summed E-state index contributed by atoms with van der Waals surface area (Å²) >= 11 is 1.69. The summed E-state index contributed by atoms with van der Waals surface area (Å²) in [5, 5.41) is 13.2. The number of hydrogen-bond donors (Lipinski definition) is 1. The van der Waals surface area contributed by atoms with E-state index in [-0.39, 0.29) is 0 Å². The lowest BCUT2D eigenvalue weighted by atomic mass is 9.97. The third kappa shape index (κ3) is 1.56. The normalized spacial score (nSPS) is 12.3. The molecule has 1 nitrogen and oxygen atoms in total. The molecule has 2 heteroatoms. The third-order valence-corrected chi connectivity index (χ3v) is 3.34. The van der Waals surface area contributed by atoms with Crippen LogP contribution in [-0.4, -0.2) is 5.11 Å². The summed E-state index contributed by atoms with van der Waals surface area (Å²) < 4.78 is 1.25. The van der Waals surface area contributed by atoms with E-state index in [0.717, 1.165) is 5.56 Å². The number of fused-ring (bicyclic) bond motifs is 1. The Morgan fingerprint density at radius 1 is 1.29 bits per heavy atom. The molecule has 1 aromatic carbocycles. The minimum atomic E-state index is -0.743. The van der Waals surface area contributed by atoms with Crippen LogP contribution in [0.4, 0.5) is 0 Å². The molecule has 0 bridgehead atoms. The minimum Gasteiger partial charge on any atom is -0.386 e. The molecule has 0 aliphatic carbocycles. The lowest BCUT2D eigenvalue weighted by Crippen LogP contribution is -2.14. The molecule has 0 radical (unpaired) electrons. The van der Waals surface area contributed by atoms with Crippen molar-refractivity contribution in [1.29, 1.82) is 0 Å². The summed E-state index contributed by atoms with van der Waals surface area (Å²) in [7, 11) is 0. The van der Waals surface area contributed by atoms with Crippen molar-refractivity contribution in [3.63, 3.8) is 0 Å². The Bertz CT molecular complexity index is 463. The van der Waals surface area contributed by atoms with Crippen LogP contribution in [0.25, 0.3) is 10.1 Å². The van der Waals surface area contributed by atoms with Gasteiger partial charge in [-0.2, -0.15) is 0 Å². The molecule has 0 aliphatic heterocycles. The van der Waals surface area contributed by atoms with Crippen molar-refractivity contribution in [1.82, 2.24) is 0 Å². The maximum Gasteiger partial charge on any atom is 0.0854 e. The maximum absolute atomic E-state index is 9.95. The van der Waals surface area contributed by atoms with Crippen LogP contribution in [0.15, 0.2) is 23.6 Å². The molecule has 1 aromatic heterocycles. The van der Waals surface area contributed by atoms with Gasteiger partial charge in [-0.3, -0.25) is 0 Å². The average Bonchev–Trinajstić information content (AvgIpc) is 2.45. The number of thiophene rings is 1. The van der Waals surface area contributed by atoms with Crippen LogP contribution in [0.1, 0.15) is 25.0 Å². The minimum absolute atomic E-state index is 0.743. The highest BCUT2D eigenvalue weighted by atomic mass is 32.1. The Hall–Kier alpha value is -0.860. The molecule has 2 aromatic rings. The first-order chi connectivity index (χ1) is 6.48. The molecule has 0 unspecified atom stereocenters. The van der Waals surface area contributed by atoms with Crippen LogP contribution in [-0.2, 0) is 5.60 Å². The standard InChI is InChI=1S/C12H14OS/c1-8-4-5-9-10(12(2,3)13)7-14-11(9)6-8/h4-7,13H,1-3H3. The van der Waals surface area contributed by atoms with Gasteiger partial charge in [0.05, 0.1) is 5.60 Å². The fourth-order valence-electron chi connectivity index (χ4n) is 1.61. The third-order valence-electron chi connectivity index (χ3n) is 2.39. The SMILES string of the molecule is Cc1ccc2c(C(C)(C)O)csc2c1. The highest BCUT2D eigenvalue weighted by molar-refractivity contribution is 7.17. The Labute approximate surface area is 88.0 Å². The molecule has 2 rings (SSSR count). The van der Waals surface area contributed by atoms with Crippen LogP contribution in [0.2, 0.25) is 0 Å². The Morgan fingerprint density at radius 3 is 2.64 bits per heavy atom. The average molecular weight is 206 g/mol. The first-order valence-corrected chi connectivity index (χ1v) is 5.57. The Kier molecular flexibility index (Phi) is 2.13. The van der Waals surface area contributed by atoms with Gasteiger partial charge in [0.1, 0.15) is 0 Å². The monoisotopic (exact) mass is 206 g/mol. The van der Waals surface area contributed by atoms with E-state index >= 15 is 0 Å². The first-order valence-electron chi connectivity index (χ1n) is 4.69. The summed E-state index contributed by atoms with van der Waals surface area (Å²) in [5.41, 5.74) is 1.55. The molecule has 0 aliphatic rings. The largest absolute Gasteiger partial charge is 0.386 e. The van der Waals surface area contributed by atoms with Crippen molar-refractivity contribution >= 4 is 21.4 Å². The number of rotatable bonds is 1. The molecule has 0 saturated carbocycles. The Balaban J connectivity index is 2.70. The van der Waals surface area contributed by atoms with E-state index in [1.807, 2.05) is 19.2 Å². The van der Waals surface area contributed by atoms with Crippen molar-refractivity contribution in [3.05, 3.63) is 34.7 Å². The summed E-state index contributed by atoms with van der Waals surface area (Å²) in [4.78, 5) is 0. The lowest BCUT2D eigenvalue weighted by molar-refractivity contribution is 0.0806. The highest BCUT2D eigenvalue weighted by Crippen LogP contribution is 2.33. The molecule has 0 saturated heterocycles. The maximum atomic E-state index is 9.95. The molecular formula is C12H14OS. The summed E-state index contributed by atoms with van der Waals surface area (Å²) in [6.07, 6.45) is 0. The number of aryl methyl sites for hydroxylation is 1. The van der Waals surface area contributed by atoms with Crippen LogP contribution >= 0.6 is 11.3 Å². The fraction of sp³-hybridized carbons (Fsp3) is 0.333. The fourth-order valence-corrected chi connectivity index (χ4v) is 2.83. The van der Waals surface area contributed by atoms with Crippen molar-refractivity contribution in [3.8, 4) is 0 Å². The van der Waals surface area contributed by atoms with Crippen LogP contribution in [0.3, 0.4) is 0 Å². The number of benzene rings is 1. The zero-order chi connectivity index (χ0) is 10.3. The predicted molar refractivity (Wildman–Crippen MR) is 61.8 cm³/mol. The molecule has 0 fully saturated rings. The van der Waals surface area contributed by atoms with E-state index in [1.165, 1.54) is 15.6 Å². The van der Waals surface area contributed by atoms with Gasteiger partial charge in [-0.25, -0.2) is 0 Å². The van der Waals surface area contributed by atoms with Gasteiger partial charge >= 0.3 is 0 Å². The second-order valence-electron chi connectivity index (χ2n) is 4.21. The first kappa shape index (κ1) is 9.69. The van der Waals surface area contributed by atoms with E-state index in [2.05, 4.69) is 25.1 Å². The van der Waals surface area contributed by atoms with Crippen molar-refractivity contribution < 1.29 is 5.11 Å². The van der Waals surface area contributed by atoms with E-state index in [4.69, 9.17) is 0 Å². The summed E-state index contributed by atoms with van der Waals surface area (Å²) in [5.74, 6) is 0. The second kappa shape index (κ2) is 3.07. The smallest absolute Gasteiger partial charge is 0.0854 e. The highest BCUT2D eigenvalue weighted by Gasteiger charge is 2.19. The van der Waals surface area contributed by atoms with Gasteiger partial charge in [-0.1, -0.05) is 12.1 Å². The Morgan fingerprint density at radius 2 is 2.00 bits per heavy atom. The quantitative estimate of drug-likeness (QED) is 0.757. The molecule has 0 amide bonds. The summed E-state index contributed by atoms with van der Waals surface area (Å²) in [6.45, 7) is 5.74. The molecular weight excluding hydrogens is 192 g/mol. The van der Waals surface area contributed by atoms with Crippen molar-refractivity contribution in [2.75, 3.05) is 0 Å². The van der Waals surface area contributed by atoms with Gasteiger partial charge in [0.2, 0.25) is 0 Å². The predicted octanol–water partition coefficient (Wildman–Crippen LogP) is 3.44. The van der Waals surface area contributed by atoms with Gasteiger partial charge in [0.25, 0.3) is 0 Å². The van der Waals surface area contributed by atoms with E-state index < -0.39 is 5.60 Å². The van der Waals surface area contributed by atoms with Crippen molar-refractivity contribution in [2.24, 2.45) is 0 Å². The lowest BCUT2D eigenvalue weighted by Gasteiger charge is -2.16. The molecule has 0 atom stereocenters. The molecule has 1 N–H and O–H groups in total. The molecule has 1 heterocycles. The van der Waals surface area contributed by atoms with Crippen molar-refractivity contribution in [2.45, 2.75) is 26.4 Å². The topological polar surface area (TPSA) is 20.2 Å². The van der Waals surface area contributed by atoms with Gasteiger partial charge in [-0.15, -0.1) is 11.3 Å². The van der Waals surface area contributed by atoms with Crippen LogP contribution in [0, 0.1) is 6.92 Å². The van der Waals surface area contributed by atoms with Crippen LogP contribution < -0.4 is 0 Å². The van der Waals surface area contributed by atoms with E-state index in [0.29, 0.717) is 0 Å². The molecule has 14 heavy (non-hydrogen) atoms. The van der Waals surface area contributed by atoms with E-state index in [1.54, 1.807) is 11.3 Å². The number of aliphatic hydroxyl groups is 1. The molecule has 74 valence electrons. The molecule has 0 spiro atoms. The number of hydrogen-bond acceptors (Lipinski definition) is 2. The van der Waals surface area contributed by atoms with Gasteiger partial charge in [0.15, 0.2) is 0 Å². The van der Waals surface area contributed by atoms with E-state index in [9.17, 15) is 5.11 Å². The van der Waals surface area contributed by atoms with Gasteiger partial charge in [-0.05, 0) is 43.2 Å².